The molecule has 1 aliphatic rings. The Kier molecular flexibility index (Phi) is 4.92. The van der Waals surface area contributed by atoms with Crippen LogP contribution < -0.4 is 0 Å². The van der Waals surface area contributed by atoms with Gasteiger partial charge in [-0.2, -0.15) is 5.26 Å². The van der Waals surface area contributed by atoms with Gasteiger partial charge in [-0.1, -0.05) is 19.9 Å². The Morgan fingerprint density at radius 3 is 2.80 bits per heavy atom. The monoisotopic (exact) mass is 205 g/mol. The number of rotatable bonds is 5. The van der Waals surface area contributed by atoms with E-state index in [1.807, 2.05) is 12.3 Å². The van der Waals surface area contributed by atoms with Gasteiger partial charge in [0.2, 0.25) is 0 Å². The molecule has 0 aromatic carbocycles. The largest absolute Gasteiger partial charge is 0.352 e. The van der Waals surface area contributed by atoms with Crippen molar-refractivity contribution < 1.29 is 0 Å². The quantitative estimate of drug-likeness (QED) is 0.687. The van der Waals surface area contributed by atoms with Crippen LogP contribution in [0.15, 0.2) is 24.0 Å². The van der Waals surface area contributed by atoms with Crippen molar-refractivity contribution in [2.75, 3.05) is 26.2 Å². The van der Waals surface area contributed by atoms with Crippen LogP contribution in [-0.4, -0.2) is 36.0 Å². The normalized spacial score (nSPS) is 15.3. The van der Waals surface area contributed by atoms with E-state index in [1.54, 1.807) is 0 Å². The van der Waals surface area contributed by atoms with E-state index in [2.05, 4.69) is 35.9 Å². The lowest BCUT2D eigenvalue weighted by atomic mass is 10.2. The number of nitrogens with zero attached hydrogens (tertiary/aromatic N) is 3. The summed E-state index contributed by atoms with van der Waals surface area (Å²) in [5, 5.41) is 8.79. The lowest BCUT2D eigenvalue weighted by Gasteiger charge is -2.24. The van der Waals surface area contributed by atoms with Crippen molar-refractivity contribution >= 4 is 0 Å². The van der Waals surface area contributed by atoms with Gasteiger partial charge in [0.25, 0.3) is 0 Å². The van der Waals surface area contributed by atoms with Crippen LogP contribution in [0, 0.1) is 11.3 Å². The molecule has 3 nitrogen and oxygen atoms in total. The molecule has 3 heteroatoms. The fourth-order valence-electron chi connectivity index (χ4n) is 1.62. The predicted molar refractivity (Wildman–Crippen MR) is 61.9 cm³/mol. The molecular formula is C12H19N3. The molecule has 82 valence electrons. The van der Waals surface area contributed by atoms with E-state index in [9.17, 15) is 0 Å². The molecule has 0 aliphatic carbocycles. The predicted octanol–water partition coefficient (Wildman–Crippen LogP) is 1.96. The van der Waals surface area contributed by atoms with Crippen molar-refractivity contribution in [2.45, 2.75) is 20.3 Å². The van der Waals surface area contributed by atoms with Gasteiger partial charge in [-0.25, -0.2) is 0 Å². The molecule has 0 unspecified atom stereocenters. The van der Waals surface area contributed by atoms with Gasteiger partial charge in [-0.3, -0.25) is 0 Å². The van der Waals surface area contributed by atoms with Gasteiger partial charge in [0.15, 0.2) is 0 Å². The average Bonchev–Trinajstić information content (AvgIpc) is 2.31. The minimum Gasteiger partial charge on any atom is -0.352 e. The van der Waals surface area contributed by atoms with E-state index in [0.29, 0.717) is 0 Å². The fraction of sp³-hybridized carbons (Fsp3) is 0.583. The van der Waals surface area contributed by atoms with Crippen molar-refractivity contribution in [3.05, 3.63) is 24.0 Å². The van der Waals surface area contributed by atoms with Crippen molar-refractivity contribution in [1.29, 1.82) is 5.26 Å². The highest BCUT2D eigenvalue weighted by Gasteiger charge is 2.05. The first-order valence-electron chi connectivity index (χ1n) is 5.55. The number of hydrogen-bond donors (Lipinski definition) is 0. The minimum absolute atomic E-state index is 0.776. The summed E-state index contributed by atoms with van der Waals surface area (Å²) in [4.78, 5) is 4.47. The molecule has 0 fully saturated rings. The molecule has 0 saturated heterocycles. The lowest BCUT2D eigenvalue weighted by molar-refractivity contribution is 0.278. The fourth-order valence-corrected chi connectivity index (χ4v) is 1.62. The topological polar surface area (TPSA) is 30.3 Å². The summed E-state index contributed by atoms with van der Waals surface area (Å²) in [5.74, 6) is 0. The summed E-state index contributed by atoms with van der Waals surface area (Å²) in [6.07, 6.45) is 6.83. The summed E-state index contributed by atoms with van der Waals surface area (Å²) in [6, 6.07) is 2.20. The highest BCUT2D eigenvalue weighted by atomic mass is 15.2. The first-order valence-corrected chi connectivity index (χ1v) is 5.55. The van der Waals surface area contributed by atoms with E-state index in [1.165, 1.54) is 0 Å². The molecular weight excluding hydrogens is 186 g/mol. The number of hydrogen-bond acceptors (Lipinski definition) is 3. The zero-order valence-electron chi connectivity index (χ0n) is 9.61. The Bertz CT molecular complexity index is 282. The van der Waals surface area contributed by atoms with Gasteiger partial charge in [0, 0.05) is 31.3 Å². The van der Waals surface area contributed by atoms with Gasteiger partial charge in [-0.15, -0.1) is 0 Å². The summed E-state index contributed by atoms with van der Waals surface area (Å²) in [6.45, 7) is 8.53. The minimum atomic E-state index is 0.776. The SMILES string of the molecule is CCN(CC)CCN1C=CCC(C#N)=C1. The Balaban J connectivity index is 2.39. The molecule has 0 radical (unpaired) electrons. The molecule has 1 heterocycles. The van der Waals surface area contributed by atoms with Crippen LogP contribution in [0.5, 0.6) is 0 Å². The molecule has 15 heavy (non-hydrogen) atoms. The van der Waals surface area contributed by atoms with Gasteiger partial charge in [0.1, 0.15) is 0 Å². The summed E-state index contributed by atoms with van der Waals surface area (Å²) < 4.78 is 0. The van der Waals surface area contributed by atoms with Crippen LogP contribution in [0.3, 0.4) is 0 Å². The highest BCUT2D eigenvalue weighted by Crippen LogP contribution is 2.10. The molecule has 0 bridgehead atoms. The maximum absolute atomic E-state index is 8.79. The lowest BCUT2D eigenvalue weighted by Crippen LogP contribution is -2.31. The smallest absolute Gasteiger partial charge is 0.0965 e. The molecule has 0 N–H and O–H groups in total. The van der Waals surface area contributed by atoms with Crippen molar-refractivity contribution in [3.8, 4) is 6.07 Å². The molecule has 0 saturated carbocycles. The molecule has 0 aromatic heterocycles. The molecule has 1 rings (SSSR count). The Morgan fingerprint density at radius 1 is 1.47 bits per heavy atom. The standard InChI is InChI=1S/C12H19N3/c1-3-14(4-2)8-9-15-7-5-6-12(10-13)11-15/h5,7,11H,3-4,6,8-9H2,1-2H3. The Morgan fingerprint density at radius 2 is 2.20 bits per heavy atom. The molecule has 0 aromatic rings. The van der Waals surface area contributed by atoms with E-state index < -0.39 is 0 Å². The molecule has 1 aliphatic heterocycles. The first kappa shape index (κ1) is 11.8. The van der Waals surface area contributed by atoms with E-state index >= 15 is 0 Å². The van der Waals surface area contributed by atoms with Crippen LogP contribution in [0.25, 0.3) is 0 Å². The zero-order chi connectivity index (χ0) is 11.1. The van der Waals surface area contributed by atoms with Crippen molar-refractivity contribution in [3.63, 3.8) is 0 Å². The second-order valence-electron chi connectivity index (χ2n) is 3.62. The summed E-state index contributed by atoms with van der Waals surface area (Å²) in [7, 11) is 0. The van der Waals surface area contributed by atoms with Crippen molar-refractivity contribution in [2.24, 2.45) is 0 Å². The summed E-state index contributed by atoms with van der Waals surface area (Å²) >= 11 is 0. The third-order valence-electron chi connectivity index (χ3n) is 2.67. The number of likely N-dealkylation sites (N-methyl/N-ethyl adjacent to an activating group) is 1. The maximum Gasteiger partial charge on any atom is 0.0965 e. The first-order chi connectivity index (χ1) is 7.30. The second kappa shape index (κ2) is 6.26. The van der Waals surface area contributed by atoms with E-state index in [0.717, 1.165) is 38.2 Å². The molecule has 0 amide bonds. The molecule has 0 spiro atoms. The van der Waals surface area contributed by atoms with Crippen LogP contribution in [-0.2, 0) is 0 Å². The number of nitriles is 1. The van der Waals surface area contributed by atoms with Gasteiger partial charge in [-0.05, 0) is 19.3 Å². The van der Waals surface area contributed by atoms with Crippen molar-refractivity contribution in [1.82, 2.24) is 9.80 Å². The Hall–Kier alpha value is -1.27. The van der Waals surface area contributed by atoms with Gasteiger partial charge < -0.3 is 9.80 Å². The van der Waals surface area contributed by atoms with Crippen LogP contribution >= 0.6 is 0 Å². The second-order valence-corrected chi connectivity index (χ2v) is 3.62. The molecule has 0 atom stereocenters. The zero-order valence-corrected chi connectivity index (χ0v) is 9.61. The van der Waals surface area contributed by atoms with E-state index in [4.69, 9.17) is 5.26 Å². The Labute approximate surface area is 92.3 Å². The number of allylic oxidation sites excluding steroid dienone is 2. The van der Waals surface area contributed by atoms with Crippen LogP contribution in [0.2, 0.25) is 0 Å². The van der Waals surface area contributed by atoms with E-state index in [-0.39, 0.29) is 0 Å². The average molecular weight is 205 g/mol. The highest BCUT2D eigenvalue weighted by molar-refractivity contribution is 5.26. The third-order valence-corrected chi connectivity index (χ3v) is 2.67. The van der Waals surface area contributed by atoms with Gasteiger partial charge >= 0.3 is 0 Å². The summed E-state index contributed by atoms with van der Waals surface area (Å²) in [5.41, 5.74) is 0.844. The van der Waals surface area contributed by atoms with Crippen LogP contribution in [0.4, 0.5) is 0 Å². The third kappa shape index (κ3) is 3.77. The maximum atomic E-state index is 8.79. The van der Waals surface area contributed by atoms with Gasteiger partial charge in [0.05, 0.1) is 6.07 Å². The van der Waals surface area contributed by atoms with Crippen LogP contribution in [0.1, 0.15) is 20.3 Å².